The summed E-state index contributed by atoms with van der Waals surface area (Å²) in [6.07, 6.45) is -2.25. The number of esters is 1. The van der Waals surface area contributed by atoms with Crippen LogP contribution in [0.25, 0.3) is 0 Å². The van der Waals surface area contributed by atoms with Crippen molar-refractivity contribution in [3.63, 3.8) is 0 Å². The van der Waals surface area contributed by atoms with Gasteiger partial charge in [0.1, 0.15) is 18.3 Å². The molecule has 0 saturated carbocycles. The number of aliphatic hydroxyl groups excluding tert-OH is 2. The van der Waals surface area contributed by atoms with Crippen LogP contribution in [0.3, 0.4) is 0 Å². The molecule has 0 aromatic carbocycles. The van der Waals surface area contributed by atoms with Crippen molar-refractivity contribution >= 4 is 5.97 Å². The molecule has 0 aliphatic carbocycles. The van der Waals surface area contributed by atoms with Crippen LogP contribution in [-0.4, -0.2) is 47.2 Å². The predicted octanol–water partition coefficient (Wildman–Crippen LogP) is -1.58. The lowest BCUT2D eigenvalue weighted by Crippen LogP contribution is -2.33. The van der Waals surface area contributed by atoms with Crippen LogP contribution in [0.4, 0.5) is 0 Å². The van der Waals surface area contributed by atoms with Crippen molar-refractivity contribution in [2.75, 3.05) is 6.61 Å². The fraction of sp³-hybridized carbons (Fsp3) is 0.857. The first-order chi connectivity index (χ1) is 5.72. The van der Waals surface area contributed by atoms with E-state index in [0.717, 1.165) is 0 Å². The predicted molar refractivity (Wildman–Crippen MR) is 36.3 cm³/mol. The Morgan fingerprint density at radius 1 is 1.58 bits per heavy atom. The minimum atomic E-state index is -0.883. The molecule has 5 heteroatoms. The average Bonchev–Trinajstić information content (AvgIpc) is 2.51. The van der Waals surface area contributed by atoms with Gasteiger partial charge in [0.05, 0.1) is 13.0 Å². The van der Waals surface area contributed by atoms with Crippen LogP contribution in [-0.2, 0) is 14.3 Å². The van der Waals surface area contributed by atoms with E-state index in [9.17, 15) is 9.90 Å². The third-order valence-electron chi connectivity index (χ3n) is 2.25. The molecule has 12 heavy (non-hydrogen) atoms. The second-order valence-electron chi connectivity index (χ2n) is 3.04. The fourth-order valence-corrected chi connectivity index (χ4v) is 1.64. The highest BCUT2D eigenvalue weighted by atomic mass is 16.6. The van der Waals surface area contributed by atoms with Gasteiger partial charge in [-0.2, -0.15) is 0 Å². The number of hydrogen-bond acceptors (Lipinski definition) is 5. The molecule has 2 aliphatic rings. The second-order valence-corrected chi connectivity index (χ2v) is 3.04. The van der Waals surface area contributed by atoms with Gasteiger partial charge in [-0.25, -0.2) is 0 Å². The van der Waals surface area contributed by atoms with E-state index in [1.807, 2.05) is 0 Å². The van der Waals surface area contributed by atoms with Crippen molar-refractivity contribution in [3.05, 3.63) is 0 Å². The Hall–Kier alpha value is -0.650. The maximum Gasteiger partial charge on any atom is 0.309 e. The smallest absolute Gasteiger partial charge is 0.309 e. The van der Waals surface area contributed by atoms with Crippen molar-refractivity contribution < 1.29 is 24.5 Å². The monoisotopic (exact) mass is 174 g/mol. The van der Waals surface area contributed by atoms with Gasteiger partial charge in [-0.1, -0.05) is 0 Å². The SMILES string of the molecule is O=C1C[C@@H]2O[C@H](CO)[C@@H](O)[C@H]2O1. The van der Waals surface area contributed by atoms with Crippen molar-refractivity contribution in [1.29, 1.82) is 0 Å². The Labute approximate surface area is 68.9 Å². The summed E-state index contributed by atoms with van der Waals surface area (Å²) in [5.41, 5.74) is 0. The van der Waals surface area contributed by atoms with Gasteiger partial charge in [-0.05, 0) is 0 Å². The van der Waals surface area contributed by atoms with E-state index >= 15 is 0 Å². The van der Waals surface area contributed by atoms with E-state index in [-0.39, 0.29) is 25.1 Å². The van der Waals surface area contributed by atoms with Gasteiger partial charge in [0.2, 0.25) is 0 Å². The first kappa shape index (κ1) is 7.97. The summed E-state index contributed by atoms with van der Waals surface area (Å²) in [7, 11) is 0. The number of fused-ring (bicyclic) bond motifs is 1. The average molecular weight is 174 g/mol. The van der Waals surface area contributed by atoms with Gasteiger partial charge in [-0.15, -0.1) is 0 Å². The molecule has 2 saturated heterocycles. The van der Waals surface area contributed by atoms with Gasteiger partial charge >= 0.3 is 5.97 Å². The molecule has 5 nitrogen and oxygen atoms in total. The minimum Gasteiger partial charge on any atom is -0.457 e. The van der Waals surface area contributed by atoms with E-state index in [1.54, 1.807) is 0 Å². The first-order valence-corrected chi connectivity index (χ1v) is 3.86. The maximum absolute atomic E-state index is 10.7. The Bertz CT molecular complexity index is 204. The van der Waals surface area contributed by atoms with Crippen LogP contribution >= 0.6 is 0 Å². The quantitative estimate of drug-likeness (QED) is 0.469. The molecule has 2 fully saturated rings. The number of aliphatic hydroxyl groups is 2. The van der Waals surface area contributed by atoms with Crippen LogP contribution in [0, 0.1) is 0 Å². The normalized spacial score (nSPS) is 46.0. The third-order valence-corrected chi connectivity index (χ3v) is 2.25. The standard InChI is InChI=1S/C7H10O5/c8-2-4-6(10)7-3(11-4)1-5(9)12-7/h3-4,6-8,10H,1-2H2/t3-,4+,6+,7-/m0/s1. The summed E-state index contributed by atoms with van der Waals surface area (Å²) < 4.78 is 9.98. The van der Waals surface area contributed by atoms with Gasteiger partial charge in [-0.3, -0.25) is 4.79 Å². The Morgan fingerprint density at radius 3 is 2.92 bits per heavy atom. The minimum absolute atomic E-state index is 0.179. The largest absolute Gasteiger partial charge is 0.457 e. The zero-order valence-corrected chi connectivity index (χ0v) is 6.34. The highest BCUT2D eigenvalue weighted by molar-refractivity contribution is 5.72. The van der Waals surface area contributed by atoms with Gasteiger partial charge in [0, 0.05) is 0 Å². The van der Waals surface area contributed by atoms with Crippen LogP contribution in [0.15, 0.2) is 0 Å². The summed E-state index contributed by atoms with van der Waals surface area (Å²) in [6, 6.07) is 0. The molecule has 0 radical (unpaired) electrons. The van der Waals surface area contributed by atoms with E-state index in [1.165, 1.54) is 0 Å². The van der Waals surface area contributed by atoms with Gasteiger partial charge < -0.3 is 19.7 Å². The van der Waals surface area contributed by atoms with Crippen LogP contribution in [0.1, 0.15) is 6.42 Å². The number of ether oxygens (including phenoxy) is 2. The van der Waals surface area contributed by atoms with Crippen molar-refractivity contribution in [2.24, 2.45) is 0 Å². The van der Waals surface area contributed by atoms with Crippen molar-refractivity contribution in [1.82, 2.24) is 0 Å². The molecule has 4 atom stereocenters. The first-order valence-electron chi connectivity index (χ1n) is 3.86. The lowest BCUT2D eigenvalue weighted by molar-refractivity contribution is -0.146. The number of rotatable bonds is 1. The van der Waals surface area contributed by atoms with E-state index < -0.39 is 18.3 Å². The molecule has 0 aromatic heterocycles. The molecular weight excluding hydrogens is 164 g/mol. The van der Waals surface area contributed by atoms with Crippen molar-refractivity contribution in [3.8, 4) is 0 Å². The number of carbonyl (C=O) groups excluding carboxylic acids is 1. The topological polar surface area (TPSA) is 76.0 Å². The van der Waals surface area contributed by atoms with Gasteiger partial charge in [0.15, 0.2) is 6.10 Å². The molecule has 2 heterocycles. The maximum atomic E-state index is 10.7. The third kappa shape index (κ3) is 1.01. The molecule has 2 aliphatic heterocycles. The highest BCUT2D eigenvalue weighted by Crippen LogP contribution is 2.31. The van der Waals surface area contributed by atoms with Crippen LogP contribution in [0.5, 0.6) is 0 Å². The van der Waals surface area contributed by atoms with Gasteiger partial charge in [0.25, 0.3) is 0 Å². The fourth-order valence-electron chi connectivity index (χ4n) is 1.64. The molecule has 68 valence electrons. The molecule has 0 aromatic rings. The summed E-state index contributed by atoms with van der Waals surface area (Å²) in [4.78, 5) is 10.7. The molecule has 0 spiro atoms. The summed E-state index contributed by atoms with van der Waals surface area (Å²) in [6.45, 7) is -0.244. The Kier molecular flexibility index (Phi) is 1.79. The molecule has 0 unspecified atom stereocenters. The lowest BCUT2D eigenvalue weighted by Gasteiger charge is -2.13. The zero-order valence-electron chi connectivity index (χ0n) is 6.34. The van der Waals surface area contributed by atoms with Crippen LogP contribution in [0.2, 0.25) is 0 Å². The molecule has 2 N–H and O–H groups in total. The summed E-state index contributed by atoms with van der Waals surface area (Å²) in [5.74, 6) is -0.347. The van der Waals surface area contributed by atoms with Crippen molar-refractivity contribution in [2.45, 2.75) is 30.8 Å². The summed E-state index contributed by atoms with van der Waals surface area (Å²) in [5, 5.41) is 18.1. The summed E-state index contributed by atoms with van der Waals surface area (Å²) >= 11 is 0. The Morgan fingerprint density at radius 2 is 2.33 bits per heavy atom. The highest BCUT2D eigenvalue weighted by Gasteiger charge is 2.50. The zero-order chi connectivity index (χ0) is 8.72. The Balaban J connectivity index is 2.08. The molecule has 0 bridgehead atoms. The second kappa shape index (κ2) is 2.69. The molecule has 0 amide bonds. The van der Waals surface area contributed by atoms with Crippen LogP contribution < -0.4 is 0 Å². The molecular formula is C7H10O5. The van der Waals surface area contributed by atoms with E-state index in [2.05, 4.69) is 0 Å². The molecule has 2 rings (SSSR count). The number of carbonyl (C=O) groups is 1. The lowest BCUT2D eigenvalue weighted by atomic mass is 10.1. The van der Waals surface area contributed by atoms with E-state index in [0.29, 0.717) is 0 Å². The van der Waals surface area contributed by atoms with E-state index in [4.69, 9.17) is 14.6 Å². The number of hydrogen-bond donors (Lipinski definition) is 2.